The number of carbonyl (C=O) groups excluding carboxylic acids is 2. The number of benzene rings is 1. The van der Waals surface area contributed by atoms with Crippen LogP contribution in [0.1, 0.15) is 32.6 Å². The fourth-order valence-corrected chi connectivity index (χ4v) is 4.11. The molecule has 23 heavy (non-hydrogen) atoms. The number of nitrogens with zero attached hydrogens (tertiary/aromatic N) is 3. The van der Waals surface area contributed by atoms with Gasteiger partial charge in [-0.25, -0.2) is 0 Å². The summed E-state index contributed by atoms with van der Waals surface area (Å²) in [6.07, 6.45) is 3.91. The third-order valence-electron chi connectivity index (χ3n) is 5.32. The number of hydrazone groups is 1. The lowest BCUT2D eigenvalue weighted by molar-refractivity contribution is -0.125. The SMILES string of the molecule is CC(=O)[C@@H]1CC(C(=O)N2C[C@H]3CC[C@H]2C3)=NN1c1ccccc1. The van der Waals surface area contributed by atoms with E-state index in [1.165, 1.54) is 6.42 Å². The van der Waals surface area contributed by atoms with Gasteiger partial charge in [-0.05, 0) is 44.2 Å². The highest BCUT2D eigenvalue weighted by atomic mass is 16.2. The van der Waals surface area contributed by atoms with E-state index < -0.39 is 0 Å². The van der Waals surface area contributed by atoms with Crippen LogP contribution in [0.2, 0.25) is 0 Å². The van der Waals surface area contributed by atoms with E-state index in [0.29, 0.717) is 24.1 Å². The van der Waals surface area contributed by atoms with E-state index >= 15 is 0 Å². The van der Waals surface area contributed by atoms with Crippen molar-refractivity contribution in [1.82, 2.24) is 4.90 Å². The number of para-hydroxylation sites is 1. The number of ketones is 1. The van der Waals surface area contributed by atoms with Crippen molar-refractivity contribution in [3.63, 3.8) is 0 Å². The molecular weight excluding hydrogens is 290 g/mol. The molecular formula is C18H21N3O2. The highest BCUT2D eigenvalue weighted by Gasteiger charge is 2.43. The molecule has 5 heteroatoms. The third kappa shape index (κ3) is 2.44. The summed E-state index contributed by atoms with van der Waals surface area (Å²) < 4.78 is 0. The summed E-state index contributed by atoms with van der Waals surface area (Å²) in [5.41, 5.74) is 1.39. The lowest BCUT2D eigenvalue weighted by Crippen LogP contribution is -2.41. The molecule has 2 fully saturated rings. The first-order valence-corrected chi connectivity index (χ1v) is 8.36. The quantitative estimate of drug-likeness (QED) is 0.860. The Hall–Kier alpha value is -2.17. The average molecular weight is 311 g/mol. The van der Waals surface area contributed by atoms with Crippen molar-refractivity contribution in [2.24, 2.45) is 11.0 Å². The molecule has 3 aliphatic rings. The zero-order chi connectivity index (χ0) is 16.0. The predicted molar refractivity (Wildman–Crippen MR) is 88.3 cm³/mol. The molecule has 3 atom stereocenters. The molecule has 2 bridgehead atoms. The molecule has 1 aromatic carbocycles. The number of Topliss-reactive ketones (excluding diaryl/α,β-unsaturated/α-hetero) is 1. The van der Waals surface area contributed by atoms with E-state index in [-0.39, 0.29) is 17.7 Å². The predicted octanol–water partition coefficient (Wildman–Crippen LogP) is 2.22. The van der Waals surface area contributed by atoms with Crippen LogP contribution < -0.4 is 5.01 Å². The molecule has 5 nitrogen and oxygen atoms in total. The van der Waals surface area contributed by atoms with Gasteiger partial charge in [0.15, 0.2) is 5.78 Å². The van der Waals surface area contributed by atoms with Gasteiger partial charge in [-0.2, -0.15) is 5.10 Å². The van der Waals surface area contributed by atoms with Crippen molar-refractivity contribution < 1.29 is 9.59 Å². The molecule has 0 unspecified atom stereocenters. The number of anilines is 1. The maximum atomic E-state index is 12.8. The van der Waals surface area contributed by atoms with E-state index in [4.69, 9.17) is 0 Å². The van der Waals surface area contributed by atoms with E-state index in [9.17, 15) is 9.59 Å². The van der Waals surface area contributed by atoms with Gasteiger partial charge in [-0.1, -0.05) is 18.2 Å². The standard InChI is InChI=1S/C18H21N3O2/c1-12(22)17-10-16(19-21(17)14-5-3-2-4-6-14)18(23)20-11-13-7-8-15(20)9-13/h2-6,13,15,17H,7-11H2,1H3/t13-,15-,17-/m0/s1. The number of amides is 1. The Balaban J connectivity index is 1.59. The first-order valence-electron chi connectivity index (χ1n) is 8.36. The molecule has 120 valence electrons. The van der Waals surface area contributed by atoms with E-state index in [2.05, 4.69) is 5.10 Å². The van der Waals surface area contributed by atoms with Gasteiger partial charge in [0.2, 0.25) is 0 Å². The normalized spacial score (nSPS) is 29.1. The van der Waals surface area contributed by atoms with Crippen LogP contribution in [-0.4, -0.2) is 40.9 Å². The van der Waals surface area contributed by atoms with Crippen molar-refractivity contribution in [3.05, 3.63) is 30.3 Å². The zero-order valence-electron chi connectivity index (χ0n) is 13.3. The molecule has 4 rings (SSSR count). The van der Waals surface area contributed by atoms with Crippen LogP contribution in [-0.2, 0) is 9.59 Å². The number of rotatable bonds is 3. The van der Waals surface area contributed by atoms with Gasteiger partial charge in [-0.3, -0.25) is 14.6 Å². The van der Waals surface area contributed by atoms with E-state index in [1.54, 1.807) is 11.9 Å². The monoisotopic (exact) mass is 311 g/mol. The number of piperidine rings is 1. The van der Waals surface area contributed by atoms with Crippen molar-refractivity contribution in [2.75, 3.05) is 11.6 Å². The molecule has 1 amide bonds. The van der Waals surface area contributed by atoms with Gasteiger partial charge < -0.3 is 4.90 Å². The van der Waals surface area contributed by atoms with Crippen LogP contribution in [0.5, 0.6) is 0 Å². The second-order valence-electron chi connectivity index (χ2n) is 6.85. The van der Waals surface area contributed by atoms with E-state index in [0.717, 1.165) is 25.1 Å². The Morgan fingerprint density at radius 1 is 1.17 bits per heavy atom. The second kappa shape index (κ2) is 5.48. The van der Waals surface area contributed by atoms with Gasteiger partial charge in [0, 0.05) is 19.0 Å². The zero-order valence-corrected chi connectivity index (χ0v) is 13.3. The highest BCUT2D eigenvalue weighted by Crippen LogP contribution is 2.38. The van der Waals surface area contributed by atoms with Crippen molar-refractivity contribution in [1.29, 1.82) is 0 Å². The second-order valence-corrected chi connectivity index (χ2v) is 6.85. The van der Waals surface area contributed by atoms with Crippen LogP contribution in [0.3, 0.4) is 0 Å². The number of hydrogen-bond acceptors (Lipinski definition) is 4. The molecule has 0 aromatic heterocycles. The fourth-order valence-electron chi connectivity index (χ4n) is 4.11. The topological polar surface area (TPSA) is 53.0 Å². The summed E-state index contributed by atoms with van der Waals surface area (Å²) in [5, 5.41) is 6.24. The summed E-state index contributed by atoms with van der Waals surface area (Å²) in [7, 11) is 0. The summed E-state index contributed by atoms with van der Waals surface area (Å²) in [4.78, 5) is 26.8. The van der Waals surface area contributed by atoms with Crippen molar-refractivity contribution in [2.45, 2.75) is 44.7 Å². The minimum atomic E-state index is -0.365. The lowest BCUT2D eigenvalue weighted by atomic mass is 10.0. The summed E-state index contributed by atoms with van der Waals surface area (Å²) >= 11 is 0. The largest absolute Gasteiger partial charge is 0.334 e. The first-order chi connectivity index (χ1) is 11.1. The first kappa shape index (κ1) is 14.4. The molecule has 1 aromatic rings. The van der Waals surface area contributed by atoms with Crippen LogP contribution in [0.4, 0.5) is 5.69 Å². The van der Waals surface area contributed by atoms with Crippen LogP contribution in [0.15, 0.2) is 35.4 Å². The number of likely N-dealkylation sites (tertiary alicyclic amines) is 1. The lowest BCUT2D eigenvalue weighted by Gasteiger charge is -2.26. The van der Waals surface area contributed by atoms with Crippen LogP contribution >= 0.6 is 0 Å². The molecule has 2 aliphatic heterocycles. The Morgan fingerprint density at radius 3 is 2.57 bits per heavy atom. The number of fused-ring (bicyclic) bond motifs is 2. The maximum Gasteiger partial charge on any atom is 0.270 e. The number of carbonyl (C=O) groups is 2. The maximum absolute atomic E-state index is 12.8. The van der Waals surface area contributed by atoms with E-state index in [1.807, 2.05) is 35.2 Å². The molecule has 1 aliphatic carbocycles. The summed E-state index contributed by atoms with van der Waals surface area (Å²) in [6, 6.07) is 9.63. The Bertz CT molecular complexity index is 670. The van der Waals surface area contributed by atoms with Gasteiger partial charge in [0.1, 0.15) is 11.8 Å². The smallest absolute Gasteiger partial charge is 0.270 e. The van der Waals surface area contributed by atoms with Crippen LogP contribution in [0, 0.1) is 5.92 Å². The van der Waals surface area contributed by atoms with Crippen molar-refractivity contribution >= 4 is 23.1 Å². The van der Waals surface area contributed by atoms with Gasteiger partial charge in [0.25, 0.3) is 5.91 Å². The molecule has 1 saturated heterocycles. The summed E-state index contributed by atoms with van der Waals surface area (Å²) in [5.74, 6) is 0.741. The van der Waals surface area contributed by atoms with Gasteiger partial charge in [-0.15, -0.1) is 0 Å². The molecule has 1 saturated carbocycles. The molecule has 2 heterocycles. The number of hydrogen-bond donors (Lipinski definition) is 0. The van der Waals surface area contributed by atoms with Gasteiger partial charge in [0.05, 0.1) is 5.69 Å². The Labute approximate surface area is 136 Å². The Kier molecular flexibility index (Phi) is 3.43. The Morgan fingerprint density at radius 2 is 1.96 bits per heavy atom. The minimum Gasteiger partial charge on any atom is -0.334 e. The van der Waals surface area contributed by atoms with Crippen molar-refractivity contribution in [3.8, 4) is 0 Å². The van der Waals surface area contributed by atoms with Crippen LogP contribution in [0.25, 0.3) is 0 Å². The minimum absolute atomic E-state index is 0.0295. The molecule has 0 radical (unpaired) electrons. The highest BCUT2D eigenvalue weighted by molar-refractivity contribution is 6.40. The summed E-state index contributed by atoms with van der Waals surface area (Å²) in [6.45, 7) is 2.43. The fraction of sp³-hybridized carbons (Fsp3) is 0.500. The molecule has 0 spiro atoms. The molecule has 0 N–H and O–H groups in total. The average Bonchev–Trinajstić information content (AvgIpc) is 3.29. The third-order valence-corrected chi connectivity index (χ3v) is 5.32. The van der Waals surface area contributed by atoms with Gasteiger partial charge >= 0.3 is 0 Å².